The van der Waals surface area contributed by atoms with Crippen LogP contribution in [0.25, 0.3) is 0 Å². The highest BCUT2D eigenvalue weighted by Crippen LogP contribution is 2.24. The molecule has 0 atom stereocenters. The lowest BCUT2D eigenvalue weighted by Crippen LogP contribution is -1.99. The summed E-state index contributed by atoms with van der Waals surface area (Å²) in [6.45, 7) is 4.84. The first-order chi connectivity index (χ1) is 9.60. The van der Waals surface area contributed by atoms with Crippen LogP contribution in [0.2, 0.25) is 0 Å². The number of nitrogens with two attached hydrogens (primary N) is 1. The van der Waals surface area contributed by atoms with Crippen molar-refractivity contribution in [2.45, 2.75) is 26.4 Å². The Morgan fingerprint density at radius 1 is 1.10 bits per heavy atom. The molecular weight excluding hydrogens is 250 g/mol. The summed E-state index contributed by atoms with van der Waals surface area (Å²) in [6, 6.07) is 13.9. The number of hydrogen-bond donors (Lipinski definition) is 1. The first-order valence-corrected chi connectivity index (χ1v) is 6.75. The lowest BCUT2D eigenvalue weighted by atomic mass is 10.0. The summed E-state index contributed by atoms with van der Waals surface area (Å²) in [5, 5.41) is 0. The van der Waals surface area contributed by atoms with Gasteiger partial charge in [0.25, 0.3) is 0 Å². The molecule has 2 aromatic rings. The lowest BCUT2D eigenvalue weighted by molar-refractivity contribution is 0.305. The molecule has 106 valence electrons. The zero-order valence-electron chi connectivity index (χ0n) is 12.2. The zero-order valence-corrected chi connectivity index (χ0v) is 12.2. The van der Waals surface area contributed by atoms with Crippen LogP contribution in [-0.4, -0.2) is 7.11 Å². The molecule has 0 unspecified atom stereocenters. The van der Waals surface area contributed by atoms with E-state index in [1.807, 2.05) is 30.3 Å². The number of ether oxygens (including phenoxy) is 2. The quantitative estimate of drug-likeness (QED) is 0.836. The minimum absolute atomic E-state index is 0.496. The number of rotatable bonds is 5. The highest BCUT2D eigenvalue weighted by Gasteiger charge is 2.03. The minimum Gasteiger partial charge on any atom is -0.495 e. The van der Waals surface area contributed by atoms with Gasteiger partial charge in [-0.3, -0.25) is 0 Å². The molecule has 0 heterocycles. The molecule has 0 fully saturated rings. The molecule has 0 aliphatic rings. The Hall–Kier alpha value is -2.16. The van der Waals surface area contributed by atoms with Crippen molar-refractivity contribution in [1.82, 2.24) is 0 Å². The molecular formula is C17H21NO2. The topological polar surface area (TPSA) is 44.5 Å². The Kier molecular flexibility index (Phi) is 4.51. The third-order valence-corrected chi connectivity index (χ3v) is 3.22. The normalized spacial score (nSPS) is 10.6. The van der Waals surface area contributed by atoms with Crippen molar-refractivity contribution in [3.05, 3.63) is 53.6 Å². The molecule has 2 N–H and O–H groups in total. The smallest absolute Gasteiger partial charge is 0.141 e. The van der Waals surface area contributed by atoms with Crippen molar-refractivity contribution in [3.8, 4) is 11.5 Å². The summed E-state index contributed by atoms with van der Waals surface area (Å²) in [4.78, 5) is 0. The van der Waals surface area contributed by atoms with Gasteiger partial charge in [0.2, 0.25) is 0 Å². The van der Waals surface area contributed by atoms with Crippen LogP contribution >= 0.6 is 0 Å². The van der Waals surface area contributed by atoms with Crippen LogP contribution in [0, 0.1) is 0 Å². The van der Waals surface area contributed by atoms with Crippen molar-refractivity contribution in [2.24, 2.45) is 0 Å². The molecule has 0 bridgehead atoms. The van der Waals surface area contributed by atoms with Crippen molar-refractivity contribution in [3.63, 3.8) is 0 Å². The van der Waals surface area contributed by atoms with E-state index in [0.717, 1.165) is 11.3 Å². The zero-order chi connectivity index (χ0) is 14.5. The van der Waals surface area contributed by atoms with Gasteiger partial charge in [0.1, 0.15) is 18.1 Å². The van der Waals surface area contributed by atoms with Crippen LogP contribution in [-0.2, 0) is 6.61 Å². The first-order valence-electron chi connectivity index (χ1n) is 6.75. The lowest BCUT2D eigenvalue weighted by Gasteiger charge is -2.11. The highest BCUT2D eigenvalue weighted by atomic mass is 16.5. The van der Waals surface area contributed by atoms with Crippen molar-refractivity contribution in [2.75, 3.05) is 12.8 Å². The van der Waals surface area contributed by atoms with Gasteiger partial charge < -0.3 is 15.2 Å². The maximum Gasteiger partial charge on any atom is 0.141 e. The predicted molar refractivity (Wildman–Crippen MR) is 82.3 cm³/mol. The number of anilines is 1. The van der Waals surface area contributed by atoms with Crippen molar-refractivity contribution >= 4 is 5.69 Å². The standard InChI is InChI=1S/C17H21NO2/c1-12(2)14-5-4-6-15(10-14)20-11-13-7-8-17(19-3)16(18)9-13/h4-10,12H,11,18H2,1-3H3. The second-order valence-electron chi connectivity index (χ2n) is 5.09. The summed E-state index contributed by atoms with van der Waals surface area (Å²) in [5.41, 5.74) is 8.81. The Balaban J connectivity index is 2.05. The highest BCUT2D eigenvalue weighted by molar-refractivity contribution is 5.54. The van der Waals surface area contributed by atoms with Crippen molar-refractivity contribution < 1.29 is 9.47 Å². The molecule has 0 aliphatic carbocycles. The van der Waals surface area contributed by atoms with E-state index in [1.54, 1.807) is 7.11 Å². The largest absolute Gasteiger partial charge is 0.495 e. The van der Waals surface area contributed by atoms with Gasteiger partial charge in [0.05, 0.1) is 12.8 Å². The first kappa shape index (κ1) is 14.3. The van der Waals surface area contributed by atoms with Crippen molar-refractivity contribution in [1.29, 1.82) is 0 Å². The van der Waals surface area contributed by atoms with Gasteiger partial charge in [0, 0.05) is 0 Å². The molecule has 0 spiro atoms. The Bertz CT molecular complexity index is 579. The van der Waals surface area contributed by atoms with Gasteiger partial charge in [-0.25, -0.2) is 0 Å². The Labute approximate surface area is 120 Å². The third kappa shape index (κ3) is 3.44. The molecule has 2 rings (SSSR count). The molecule has 3 heteroatoms. The van der Waals surface area contributed by atoms with E-state index >= 15 is 0 Å². The number of methoxy groups -OCH3 is 1. The number of hydrogen-bond acceptors (Lipinski definition) is 3. The Morgan fingerprint density at radius 3 is 2.55 bits per heavy atom. The summed E-state index contributed by atoms with van der Waals surface area (Å²) in [5.74, 6) is 2.07. The van der Waals surface area contributed by atoms with Crippen LogP contribution in [0.5, 0.6) is 11.5 Å². The second kappa shape index (κ2) is 6.33. The molecule has 0 aliphatic heterocycles. The molecule has 3 nitrogen and oxygen atoms in total. The van der Waals surface area contributed by atoms with Crippen LogP contribution < -0.4 is 15.2 Å². The van der Waals surface area contributed by atoms with E-state index in [1.165, 1.54) is 5.56 Å². The molecule has 0 radical (unpaired) electrons. The number of nitrogen functional groups attached to an aromatic ring is 1. The van der Waals surface area contributed by atoms with Gasteiger partial charge in [-0.15, -0.1) is 0 Å². The predicted octanol–water partition coefficient (Wildman–Crippen LogP) is 3.98. The summed E-state index contributed by atoms with van der Waals surface area (Å²) < 4.78 is 11.0. The van der Waals surface area contributed by atoms with E-state index in [9.17, 15) is 0 Å². The van der Waals surface area contributed by atoms with E-state index < -0.39 is 0 Å². The van der Waals surface area contributed by atoms with Crippen LogP contribution in [0.3, 0.4) is 0 Å². The van der Waals surface area contributed by atoms with E-state index in [-0.39, 0.29) is 0 Å². The maximum atomic E-state index is 5.88. The van der Waals surface area contributed by atoms with E-state index in [0.29, 0.717) is 24.0 Å². The number of benzene rings is 2. The average molecular weight is 271 g/mol. The van der Waals surface area contributed by atoms with Gasteiger partial charge >= 0.3 is 0 Å². The van der Waals surface area contributed by atoms with E-state index in [2.05, 4.69) is 26.0 Å². The summed E-state index contributed by atoms with van der Waals surface area (Å²) in [7, 11) is 1.61. The fourth-order valence-electron chi connectivity index (χ4n) is 2.00. The summed E-state index contributed by atoms with van der Waals surface area (Å²) in [6.07, 6.45) is 0. The average Bonchev–Trinajstić information content (AvgIpc) is 2.45. The van der Waals surface area contributed by atoms with Gasteiger partial charge in [0.15, 0.2) is 0 Å². The molecule has 0 saturated heterocycles. The van der Waals surface area contributed by atoms with Gasteiger partial charge in [-0.2, -0.15) is 0 Å². The van der Waals surface area contributed by atoms with Crippen LogP contribution in [0.1, 0.15) is 30.9 Å². The molecule has 0 saturated carbocycles. The second-order valence-corrected chi connectivity index (χ2v) is 5.09. The minimum atomic E-state index is 0.496. The molecule has 20 heavy (non-hydrogen) atoms. The van der Waals surface area contributed by atoms with Crippen LogP contribution in [0.15, 0.2) is 42.5 Å². The maximum absolute atomic E-state index is 5.88. The fraction of sp³-hybridized carbons (Fsp3) is 0.294. The van der Waals surface area contributed by atoms with E-state index in [4.69, 9.17) is 15.2 Å². The monoisotopic (exact) mass is 271 g/mol. The third-order valence-electron chi connectivity index (χ3n) is 3.22. The molecule has 0 amide bonds. The summed E-state index contributed by atoms with van der Waals surface area (Å²) >= 11 is 0. The van der Waals surface area contributed by atoms with Gasteiger partial charge in [-0.1, -0.05) is 32.0 Å². The molecule has 2 aromatic carbocycles. The SMILES string of the molecule is COc1ccc(COc2cccc(C(C)C)c2)cc1N. The van der Waals surface area contributed by atoms with Gasteiger partial charge in [-0.05, 0) is 41.3 Å². The fourth-order valence-corrected chi connectivity index (χ4v) is 2.00. The Morgan fingerprint density at radius 2 is 1.90 bits per heavy atom. The van der Waals surface area contributed by atoms with Crippen LogP contribution in [0.4, 0.5) is 5.69 Å². The molecule has 0 aromatic heterocycles.